The van der Waals surface area contributed by atoms with Crippen LogP contribution in [0.1, 0.15) is 17.2 Å². The van der Waals surface area contributed by atoms with Crippen LogP contribution in [0.5, 0.6) is 0 Å². The first-order valence-corrected chi connectivity index (χ1v) is 6.50. The molecule has 0 radical (unpaired) electrons. The molecule has 0 fully saturated rings. The fourth-order valence-electron chi connectivity index (χ4n) is 2.72. The van der Waals surface area contributed by atoms with Crippen LogP contribution in [-0.4, -0.2) is 5.16 Å². The van der Waals surface area contributed by atoms with E-state index in [4.69, 9.17) is 12.2 Å². The highest BCUT2D eigenvalue weighted by Gasteiger charge is 2.29. The molecule has 1 aromatic rings. The Morgan fingerprint density at radius 1 is 1.06 bits per heavy atom. The first kappa shape index (κ1) is 11.3. The molecular formula is C16H13NS. The van der Waals surface area contributed by atoms with Gasteiger partial charge in [-0.05, 0) is 23.3 Å². The van der Waals surface area contributed by atoms with Gasteiger partial charge in [0.05, 0.1) is 11.2 Å². The second-order valence-corrected chi connectivity index (χ2v) is 4.76. The summed E-state index contributed by atoms with van der Waals surface area (Å²) < 4.78 is 0. The molecular weight excluding hydrogens is 238 g/mol. The fraction of sp³-hybridized carbons (Fsp3) is 0.188. The van der Waals surface area contributed by atoms with Gasteiger partial charge in [-0.15, -0.1) is 0 Å². The molecule has 0 N–H and O–H groups in total. The summed E-state index contributed by atoms with van der Waals surface area (Å²) in [5.41, 5.74) is 2.46. The molecule has 88 valence electrons. The van der Waals surface area contributed by atoms with Crippen LogP contribution in [-0.2, 0) is 0 Å². The van der Waals surface area contributed by atoms with Crippen LogP contribution in [0.15, 0.2) is 59.6 Å². The minimum Gasteiger partial charge on any atom is -0.224 e. The van der Waals surface area contributed by atoms with Gasteiger partial charge in [-0.1, -0.05) is 60.7 Å². The van der Waals surface area contributed by atoms with Crippen LogP contribution >= 0.6 is 12.2 Å². The zero-order chi connectivity index (χ0) is 12.4. The third-order valence-electron chi connectivity index (χ3n) is 3.59. The molecule has 0 aliphatic heterocycles. The summed E-state index contributed by atoms with van der Waals surface area (Å²) in [5, 5.41) is 2.56. The summed E-state index contributed by atoms with van der Waals surface area (Å²) in [6.07, 6.45) is 13.1. The van der Waals surface area contributed by atoms with Crippen LogP contribution in [0, 0.1) is 11.8 Å². The molecule has 0 amide bonds. The Bertz CT molecular complexity index is 591. The van der Waals surface area contributed by atoms with Crippen molar-refractivity contribution in [2.75, 3.05) is 0 Å². The van der Waals surface area contributed by atoms with Gasteiger partial charge >= 0.3 is 0 Å². The van der Waals surface area contributed by atoms with E-state index >= 15 is 0 Å². The molecule has 0 saturated carbocycles. The summed E-state index contributed by atoms with van der Waals surface area (Å²) in [4.78, 5) is 4.41. The van der Waals surface area contributed by atoms with Crippen molar-refractivity contribution in [2.24, 2.45) is 16.8 Å². The van der Waals surface area contributed by atoms with Crippen molar-refractivity contribution in [3.8, 4) is 0 Å². The van der Waals surface area contributed by atoms with Gasteiger partial charge in [-0.2, -0.15) is 0 Å². The van der Waals surface area contributed by atoms with E-state index in [2.05, 4.69) is 70.9 Å². The van der Waals surface area contributed by atoms with Crippen molar-refractivity contribution in [3.05, 3.63) is 65.8 Å². The zero-order valence-electron chi connectivity index (χ0n) is 9.86. The number of fused-ring (bicyclic) bond motifs is 2. The normalized spacial score (nSPS) is 27.9. The Balaban J connectivity index is 2.16. The number of rotatable bonds is 1. The molecule has 2 aliphatic rings. The Morgan fingerprint density at radius 3 is 2.78 bits per heavy atom. The number of aliphatic imine (C=N–C) groups is 1. The van der Waals surface area contributed by atoms with E-state index < -0.39 is 0 Å². The first-order valence-electron chi connectivity index (χ1n) is 6.09. The van der Waals surface area contributed by atoms with Gasteiger partial charge in [-0.25, -0.2) is 4.99 Å². The molecule has 2 aliphatic carbocycles. The minimum absolute atomic E-state index is 0.0694. The summed E-state index contributed by atoms with van der Waals surface area (Å²) >= 11 is 4.82. The summed E-state index contributed by atoms with van der Waals surface area (Å²) in [7, 11) is 0. The smallest absolute Gasteiger partial charge is 0.0929 e. The summed E-state index contributed by atoms with van der Waals surface area (Å²) in [5.74, 6) is 0.727. The third-order valence-corrected chi connectivity index (χ3v) is 3.70. The monoisotopic (exact) mass is 251 g/mol. The lowest BCUT2D eigenvalue weighted by Gasteiger charge is -2.25. The molecule has 0 heterocycles. The molecule has 0 aromatic heterocycles. The van der Waals surface area contributed by atoms with Crippen molar-refractivity contribution in [2.45, 2.75) is 6.04 Å². The predicted octanol–water partition coefficient (Wildman–Crippen LogP) is 4.22. The molecule has 18 heavy (non-hydrogen) atoms. The zero-order valence-corrected chi connectivity index (χ0v) is 10.7. The van der Waals surface area contributed by atoms with E-state index in [-0.39, 0.29) is 6.04 Å². The second kappa shape index (κ2) is 4.85. The maximum absolute atomic E-state index is 4.82. The van der Waals surface area contributed by atoms with Crippen molar-refractivity contribution in [1.29, 1.82) is 0 Å². The van der Waals surface area contributed by atoms with Crippen molar-refractivity contribution >= 4 is 23.5 Å². The lowest BCUT2D eigenvalue weighted by molar-refractivity contribution is 0.461. The van der Waals surface area contributed by atoms with E-state index in [9.17, 15) is 0 Å². The number of allylic oxidation sites excluding steroid dienone is 4. The summed E-state index contributed by atoms with van der Waals surface area (Å²) in [6, 6.07) is 8.45. The van der Waals surface area contributed by atoms with Crippen LogP contribution in [0.3, 0.4) is 0 Å². The maximum atomic E-state index is 4.82. The molecule has 1 aromatic carbocycles. The van der Waals surface area contributed by atoms with Crippen LogP contribution < -0.4 is 0 Å². The first-order chi connectivity index (χ1) is 8.90. The lowest BCUT2D eigenvalue weighted by Crippen LogP contribution is -2.17. The number of benzene rings is 1. The Morgan fingerprint density at radius 2 is 1.89 bits per heavy atom. The average molecular weight is 251 g/mol. The van der Waals surface area contributed by atoms with Gasteiger partial charge in [0, 0.05) is 11.8 Å². The van der Waals surface area contributed by atoms with E-state index in [1.807, 2.05) is 0 Å². The Labute approximate surface area is 112 Å². The predicted molar refractivity (Wildman–Crippen MR) is 78.5 cm³/mol. The van der Waals surface area contributed by atoms with Crippen molar-refractivity contribution in [1.82, 2.24) is 0 Å². The van der Waals surface area contributed by atoms with E-state index in [1.54, 1.807) is 0 Å². The molecule has 3 atom stereocenters. The molecule has 2 heteroatoms. The van der Waals surface area contributed by atoms with Crippen molar-refractivity contribution < 1.29 is 0 Å². The highest BCUT2D eigenvalue weighted by Crippen LogP contribution is 2.40. The lowest BCUT2D eigenvalue weighted by atomic mass is 9.81. The number of isothiocyanates is 1. The maximum Gasteiger partial charge on any atom is 0.0929 e. The molecule has 0 spiro atoms. The van der Waals surface area contributed by atoms with Crippen LogP contribution in [0.25, 0.3) is 6.08 Å². The van der Waals surface area contributed by atoms with Gasteiger partial charge in [0.25, 0.3) is 0 Å². The molecule has 0 saturated heterocycles. The third kappa shape index (κ3) is 1.90. The Hall–Kier alpha value is -1.76. The second-order valence-electron chi connectivity index (χ2n) is 4.58. The molecule has 1 nitrogen and oxygen atoms in total. The standard InChI is InChI=1S/C16H13NS/c18-11-17-16-14-7-3-1-5-12(14)9-10-13-6-2-4-8-15(13)16/h1-10,12,14,16H. The highest BCUT2D eigenvalue weighted by molar-refractivity contribution is 7.78. The van der Waals surface area contributed by atoms with Gasteiger partial charge in [-0.3, -0.25) is 0 Å². The summed E-state index contributed by atoms with van der Waals surface area (Å²) in [6.45, 7) is 0. The number of thiocarbonyl (C=S) groups is 1. The number of nitrogens with zero attached hydrogens (tertiary/aromatic N) is 1. The number of hydrogen-bond acceptors (Lipinski definition) is 2. The fourth-order valence-corrected chi connectivity index (χ4v) is 2.83. The topological polar surface area (TPSA) is 12.4 Å². The minimum atomic E-state index is 0.0694. The van der Waals surface area contributed by atoms with Crippen molar-refractivity contribution in [3.63, 3.8) is 0 Å². The van der Waals surface area contributed by atoms with Crippen LogP contribution in [0.4, 0.5) is 0 Å². The Kier molecular flexibility index (Phi) is 3.06. The molecule has 0 bridgehead atoms. The van der Waals surface area contributed by atoms with Crippen LogP contribution in [0.2, 0.25) is 0 Å². The quantitative estimate of drug-likeness (QED) is 0.538. The van der Waals surface area contributed by atoms with Gasteiger partial charge in [0.1, 0.15) is 0 Å². The van der Waals surface area contributed by atoms with Gasteiger partial charge < -0.3 is 0 Å². The largest absolute Gasteiger partial charge is 0.224 e. The van der Waals surface area contributed by atoms with Gasteiger partial charge in [0.15, 0.2) is 0 Å². The van der Waals surface area contributed by atoms with E-state index in [0.29, 0.717) is 11.8 Å². The average Bonchev–Trinajstić information content (AvgIpc) is 2.58. The SMILES string of the molecule is S=C=NC1c2ccccc2C=CC2C=CC=CC21. The highest BCUT2D eigenvalue weighted by atomic mass is 32.1. The van der Waals surface area contributed by atoms with Gasteiger partial charge in [0.2, 0.25) is 0 Å². The molecule has 3 rings (SSSR count). The van der Waals surface area contributed by atoms with E-state index in [0.717, 1.165) is 0 Å². The van der Waals surface area contributed by atoms with E-state index in [1.165, 1.54) is 11.1 Å². The number of hydrogen-bond donors (Lipinski definition) is 0. The molecule has 3 unspecified atom stereocenters.